The second kappa shape index (κ2) is 33.3. The molecule has 7 rings (SSSR count). The second-order valence-corrected chi connectivity index (χ2v) is 18.6. The third kappa shape index (κ3) is 20.4. The number of nitrogens with zero attached hydrogens (tertiary/aromatic N) is 2. The van der Waals surface area contributed by atoms with Gasteiger partial charge in [-0.15, -0.1) is 0 Å². The molecule has 0 aliphatic carbocycles. The van der Waals surface area contributed by atoms with Crippen molar-refractivity contribution in [3.05, 3.63) is 205 Å². The maximum absolute atomic E-state index is 13.7. The Hall–Kier alpha value is -9.40. The minimum atomic E-state index is -0.580. The number of hydrogen-bond acceptors (Lipinski definition) is 14. The highest BCUT2D eigenvalue weighted by Gasteiger charge is 2.17. The van der Waals surface area contributed by atoms with Gasteiger partial charge in [0.05, 0.1) is 67.6 Å². The zero-order chi connectivity index (χ0) is 57.6. The smallest absolute Gasteiger partial charge is 0.343 e. The van der Waals surface area contributed by atoms with Crippen LogP contribution in [0, 0.1) is 0 Å². The Morgan fingerprint density at radius 3 is 1.37 bits per heavy atom. The van der Waals surface area contributed by atoms with E-state index < -0.39 is 23.9 Å². The number of hydrogen-bond donors (Lipinski definition) is 0. The second-order valence-electron chi connectivity index (χ2n) is 18.6. The third-order valence-corrected chi connectivity index (χ3v) is 12.5. The standard InChI is InChI=1S/C68H68N2O12/c1-4-63(71)79-40-13-9-7-11-38-76-57-33-28-50(29-34-57)24-26-52-18-15-20-54(46-52)66-67(55-21-16-19-53(47-55)27-25-51-30-35-58(36-31-51)77-39-12-8-10-14-41-80-64(72)5-2)70-62-48-56(32-37-61(62)69-66)68(74)82-60-23-17-22-59(49-60)78-44-42-75-43-45-81-65(73)6-3/h4-6,15-37,46-49H,1-3,7-14,38-45H2/b26-24+,27-25+. The van der Waals surface area contributed by atoms with Gasteiger partial charge in [0.25, 0.3) is 0 Å². The first-order valence-electron chi connectivity index (χ1n) is 27.4. The van der Waals surface area contributed by atoms with E-state index in [1.807, 2.05) is 91.0 Å². The molecule has 82 heavy (non-hydrogen) atoms. The number of ether oxygens (including phenoxy) is 8. The summed E-state index contributed by atoms with van der Waals surface area (Å²) in [7, 11) is 0. The fraction of sp³-hybridized carbons (Fsp3) is 0.235. The van der Waals surface area contributed by atoms with E-state index in [0.717, 1.165) is 102 Å². The van der Waals surface area contributed by atoms with Gasteiger partial charge in [-0.05, 0) is 140 Å². The molecule has 1 aromatic heterocycles. The molecule has 14 heteroatoms. The highest BCUT2D eigenvalue weighted by molar-refractivity contribution is 5.96. The predicted molar refractivity (Wildman–Crippen MR) is 320 cm³/mol. The van der Waals surface area contributed by atoms with Crippen molar-refractivity contribution >= 4 is 59.2 Å². The van der Waals surface area contributed by atoms with Crippen LogP contribution in [0.2, 0.25) is 0 Å². The van der Waals surface area contributed by atoms with Gasteiger partial charge in [-0.3, -0.25) is 0 Å². The molecule has 14 nitrogen and oxygen atoms in total. The lowest BCUT2D eigenvalue weighted by Crippen LogP contribution is -2.12. The van der Waals surface area contributed by atoms with Crippen molar-refractivity contribution in [1.29, 1.82) is 0 Å². The number of carbonyl (C=O) groups excluding carboxylic acids is 4. The zero-order valence-electron chi connectivity index (χ0n) is 46.0. The van der Waals surface area contributed by atoms with E-state index in [0.29, 0.717) is 60.3 Å². The summed E-state index contributed by atoms with van der Waals surface area (Å²) in [5, 5.41) is 0. The molecule has 0 bridgehead atoms. The molecule has 422 valence electrons. The maximum Gasteiger partial charge on any atom is 0.343 e. The number of aromatic nitrogens is 2. The lowest BCUT2D eigenvalue weighted by molar-refractivity contribution is -0.139. The fourth-order valence-electron chi connectivity index (χ4n) is 8.23. The van der Waals surface area contributed by atoms with E-state index >= 15 is 0 Å². The van der Waals surface area contributed by atoms with Gasteiger partial charge < -0.3 is 37.9 Å². The number of benzene rings is 6. The van der Waals surface area contributed by atoms with Gasteiger partial charge in [-0.1, -0.05) is 111 Å². The van der Waals surface area contributed by atoms with Crippen LogP contribution in [-0.2, 0) is 33.3 Å². The van der Waals surface area contributed by atoms with E-state index in [1.54, 1.807) is 42.5 Å². The van der Waals surface area contributed by atoms with Crippen LogP contribution in [0.15, 0.2) is 177 Å². The van der Waals surface area contributed by atoms with Crippen molar-refractivity contribution in [3.63, 3.8) is 0 Å². The maximum atomic E-state index is 13.7. The molecule has 7 aromatic rings. The number of carbonyl (C=O) groups is 4. The lowest BCUT2D eigenvalue weighted by atomic mass is 9.99. The number of rotatable bonds is 34. The average Bonchev–Trinajstić information content (AvgIpc) is 3.50. The molecule has 0 aliphatic heterocycles. The van der Waals surface area contributed by atoms with Crippen LogP contribution in [0.25, 0.3) is 57.9 Å². The van der Waals surface area contributed by atoms with Crippen LogP contribution in [-0.4, -0.2) is 86.7 Å². The summed E-state index contributed by atoms with van der Waals surface area (Å²) < 4.78 is 44.1. The van der Waals surface area contributed by atoms with Crippen molar-refractivity contribution in [2.24, 2.45) is 0 Å². The van der Waals surface area contributed by atoms with Crippen LogP contribution < -0.4 is 18.9 Å². The molecule has 0 N–H and O–H groups in total. The van der Waals surface area contributed by atoms with Crippen LogP contribution in [0.5, 0.6) is 23.0 Å². The first-order valence-corrected chi connectivity index (χ1v) is 27.4. The summed E-state index contributed by atoms with van der Waals surface area (Å²) in [4.78, 5) is 57.8. The first kappa shape index (κ1) is 60.2. The molecule has 0 radical (unpaired) electrons. The van der Waals surface area contributed by atoms with E-state index in [9.17, 15) is 19.2 Å². The van der Waals surface area contributed by atoms with Gasteiger partial charge in [0.2, 0.25) is 0 Å². The molecule has 0 amide bonds. The molecule has 0 spiro atoms. The Morgan fingerprint density at radius 1 is 0.378 bits per heavy atom. The van der Waals surface area contributed by atoms with E-state index in [2.05, 4.69) is 50.1 Å². The van der Waals surface area contributed by atoms with E-state index in [-0.39, 0.29) is 32.0 Å². The van der Waals surface area contributed by atoms with Gasteiger partial charge >= 0.3 is 23.9 Å². The monoisotopic (exact) mass is 1100 g/mol. The summed E-state index contributed by atoms with van der Waals surface area (Å²) in [6, 6.07) is 44.1. The van der Waals surface area contributed by atoms with Crippen molar-refractivity contribution in [2.75, 3.05) is 52.9 Å². The van der Waals surface area contributed by atoms with Crippen LogP contribution in [0.1, 0.15) is 84.0 Å². The molecule has 0 unspecified atom stereocenters. The van der Waals surface area contributed by atoms with Crippen LogP contribution in [0.4, 0.5) is 0 Å². The first-order chi connectivity index (χ1) is 40.2. The molecule has 0 saturated carbocycles. The molecular weight excluding hydrogens is 1040 g/mol. The fourth-order valence-corrected chi connectivity index (χ4v) is 8.23. The van der Waals surface area contributed by atoms with Gasteiger partial charge in [-0.25, -0.2) is 29.1 Å². The molecule has 0 saturated heterocycles. The van der Waals surface area contributed by atoms with E-state index in [1.165, 1.54) is 12.2 Å². The lowest BCUT2D eigenvalue weighted by Gasteiger charge is -2.13. The van der Waals surface area contributed by atoms with Crippen molar-refractivity contribution in [1.82, 2.24) is 9.97 Å². The van der Waals surface area contributed by atoms with Crippen LogP contribution >= 0.6 is 0 Å². The summed E-state index contributed by atoms with van der Waals surface area (Å²) in [5.74, 6) is 0.488. The Morgan fingerprint density at radius 2 is 0.829 bits per heavy atom. The van der Waals surface area contributed by atoms with Crippen molar-refractivity contribution in [2.45, 2.75) is 51.4 Å². The Kier molecular flexibility index (Phi) is 24.4. The number of esters is 4. The molecule has 1 heterocycles. The summed E-state index contributed by atoms with van der Waals surface area (Å²) >= 11 is 0. The minimum Gasteiger partial charge on any atom is -0.494 e. The Bertz CT molecular complexity index is 3310. The Balaban J connectivity index is 1.05. The Labute approximate surface area is 479 Å². The summed E-state index contributed by atoms with van der Waals surface area (Å²) in [6.45, 7) is 13.0. The molecule has 6 aromatic carbocycles. The highest BCUT2D eigenvalue weighted by atomic mass is 16.6. The molecule has 0 aliphatic rings. The van der Waals surface area contributed by atoms with Crippen molar-refractivity contribution in [3.8, 4) is 45.5 Å². The quantitative estimate of drug-likeness (QED) is 0.00933. The van der Waals surface area contributed by atoms with Gasteiger partial charge in [0.1, 0.15) is 36.2 Å². The van der Waals surface area contributed by atoms with Crippen LogP contribution in [0.3, 0.4) is 0 Å². The molecule has 0 atom stereocenters. The number of unbranched alkanes of at least 4 members (excludes halogenated alkanes) is 6. The SMILES string of the molecule is C=CC(=O)OCCCCCCOc1ccc(/C=C/c2cccc(-c3nc4ccc(C(=O)Oc5cccc(OCCOCCOC(=O)C=C)c5)cc4nc3-c3cccc(/C=C/c4ccc(OCCCCCCOC(=O)C=C)cc4)c3)c2)cc1. The largest absolute Gasteiger partial charge is 0.494 e. The van der Waals surface area contributed by atoms with Gasteiger partial charge in [-0.2, -0.15) is 0 Å². The average molecular weight is 1110 g/mol. The van der Waals surface area contributed by atoms with Gasteiger partial charge in [0, 0.05) is 35.4 Å². The molecule has 0 fully saturated rings. The normalized spacial score (nSPS) is 11.0. The molecular formula is C68H68N2O12. The number of fused-ring (bicyclic) bond motifs is 1. The zero-order valence-corrected chi connectivity index (χ0v) is 46.0. The van der Waals surface area contributed by atoms with Gasteiger partial charge in [0.15, 0.2) is 0 Å². The summed E-state index contributed by atoms with van der Waals surface area (Å²) in [5.41, 5.74) is 8.28. The highest BCUT2D eigenvalue weighted by Crippen LogP contribution is 2.33. The predicted octanol–water partition coefficient (Wildman–Crippen LogP) is 14.0. The topological polar surface area (TPSA) is 168 Å². The minimum absolute atomic E-state index is 0.105. The van der Waals surface area contributed by atoms with Crippen molar-refractivity contribution < 1.29 is 57.1 Å². The van der Waals surface area contributed by atoms with E-state index in [4.69, 9.17) is 47.9 Å². The summed E-state index contributed by atoms with van der Waals surface area (Å²) in [6.07, 6.45) is 18.9. The third-order valence-electron chi connectivity index (χ3n) is 12.5.